The van der Waals surface area contributed by atoms with Crippen molar-refractivity contribution in [3.8, 4) is 0 Å². The van der Waals surface area contributed by atoms with Crippen molar-refractivity contribution in [2.24, 2.45) is 0 Å². The molecule has 1 unspecified atom stereocenters. The van der Waals surface area contributed by atoms with Crippen LogP contribution >= 0.6 is 24.0 Å². The molecule has 0 radical (unpaired) electrons. The van der Waals surface area contributed by atoms with Crippen LogP contribution in [0.4, 0.5) is 0 Å². The maximum atomic E-state index is 12.9. The molecule has 1 aromatic carbocycles. The second-order valence-corrected chi connectivity index (χ2v) is 6.85. The average Bonchev–Trinajstić information content (AvgIpc) is 2.91. The second-order valence-electron chi connectivity index (χ2n) is 5.17. The lowest BCUT2D eigenvalue weighted by molar-refractivity contribution is -0.148. The van der Waals surface area contributed by atoms with E-state index in [9.17, 15) is 9.59 Å². The molecule has 1 atom stereocenters. The lowest BCUT2D eigenvalue weighted by atomic mass is 10.1. The summed E-state index contributed by atoms with van der Waals surface area (Å²) in [6.07, 6.45) is 5.03. The molecule has 0 bridgehead atoms. The minimum absolute atomic E-state index is 0.319. The molecular formula is C18H14N2O3S2. The average molecular weight is 370 g/mol. The van der Waals surface area contributed by atoms with Crippen molar-refractivity contribution < 1.29 is 14.3 Å². The standard InChI is InChI=1S/C18H14N2O3S2/c1-23-17(22)15(13-7-3-2-4-8-13)20-16(21)14(25-18(20)24)10-12-6-5-9-19-11-12/h2-11,15H,1H3/b14-10-. The molecule has 0 N–H and O–H groups in total. The first-order chi connectivity index (χ1) is 12.1. The predicted octanol–water partition coefficient (Wildman–Crippen LogP) is 3.20. The van der Waals surface area contributed by atoms with E-state index in [1.807, 2.05) is 12.1 Å². The van der Waals surface area contributed by atoms with Gasteiger partial charge in [-0.1, -0.05) is 60.4 Å². The molecule has 5 nitrogen and oxygen atoms in total. The van der Waals surface area contributed by atoms with Crippen molar-refractivity contribution in [1.82, 2.24) is 9.88 Å². The maximum absolute atomic E-state index is 12.9. The number of methoxy groups -OCH3 is 1. The molecule has 7 heteroatoms. The number of hydrogen-bond donors (Lipinski definition) is 0. The SMILES string of the molecule is COC(=O)C(c1ccccc1)N1C(=O)/C(=C/c2cccnc2)SC1=S. The highest BCUT2D eigenvalue weighted by molar-refractivity contribution is 8.26. The summed E-state index contributed by atoms with van der Waals surface area (Å²) in [5.41, 5.74) is 1.44. The summed E-state index contributed by atoms with van der Waals surface area (Å²) >= 11 is 6.52. The van der Waals surface area contributed by atoms with Gasteiger partial charge in [-0.05, 0) is 23.3 Å². The van der Waals surface area contributed by atoms with Gasteiger partial charge in [0.1, 0.15) is 4.32 Å². The van der Waals surface area contributed by atoms with Gasteiger partial charge in [-0.25, -0.2) is 4.79 Å². The molecule has 1 aromatic heterocycles. The van der Waals surface area contributed by atoms with Crippen LogP contribution in [-0.2, 0) is 14.3 Å². The molecular weight excluding hydrogens is 356 g/mol. The number of amides is 1. The number of ether oxygens (including phenoxy) is 1. The molecule has 0 spiro atoms. The van der Waals surface area contributed by atoms with E-state index in [4.69, 9.17) is 17.0 Å². The van der Waals surface area contributed by atoms with Gasteiger partial charge in [0.05, 0.1) is 12.0 Å². The van der Waals surface area contributed by atoms with Gasteiger partial charge in [0.25, 0.3) is 5.91 Å². The van der Waals surface area contributed by atoms with Crippen LogP contribution in [0.5, 0.6) is 0 Å². The van der Waals surface area contributed by atoms with Crippen LogP contribution in [0, 0.1) is 0 Å². The molecule has 1 aliphatic rings. The van der Waals surface area contributed by atoms with Crippen LogP contribution in [0.25, 0.3) is 6.08 Å². The topological polar surface area (TPSA) is 59.5 Å². The highest BCUT2D eigenvalue weighted by Crippen LogP contribution is 2.38. The van der Waals surface area contributed by atoms with Gasteiger partial charge in [-0.15, -0.1) is 0 Å². The highest BCUT2D eigenvalue weighted by atomic mass is 32.2. The fourth-order valence-corrected chi connectivity index (χ4v) is 3.77. The third-order valence-electron chi connectivity index (χ3n) is 3.60. The Kier molecular flexibility index (Phi) is 5.25. The Morgan fingerprint density at radius 2 is 2.04 bits per heavy atom. The molecule has 1 aliphatic heterocycles. The van der Waals surface area contributed by atoms with E-state index < -0.39 is 12.0 Å². The molecule has 1 saturated heterocycles. The van der Waals surface area contributed by atoms with E-state index in [0.717, 1.165) is 17.3 Å². The van der Waals surface area contributed by atoms with Crippen LogP contribution in [0.15, 0.2) is 59.8 Å². The zero-order valence-corrected chi connectivity index (χ0v) is 14.9. The van der Waals surface area contributed by atoms with E-state index in [1.54, 1.807) is 48.8 Å². The van der Waals surface area contributed by atoms with Crippen molar-refractivity contribution in [3.05, 3.63) is 70.9 Å². The lowest BCUT2D eigenvalue weighted by Crippen LogP contribution is -2.37. The first kappa shape index (κ1) is 17.3. The molecule has 0 aliphatic carbocycles. The van der Waals surface area contributed by atoms with E-state index in [1.165, 1.54) is 12.0 Å². The van der Waals surface area contributed by atoms with Gasteiger partial charge in [0, 0.05) is 12.4 Å². The Balaban J connectivity index is 1.97. The number of hydrogen-bond acceptors (Lipinski definition) is 6. The summed E-state index contributed by atoms with van der Waals surface area (Å²) in [6, 6.07) is 11.7. The molecule has 1 fully saturated rings. The van der Waals surface area contributed by atoms with Gasteiger partial charge >= 0.3 is 5.97 Å². The van der Waals surface area contributed by atoms with Crippen LogP contribution in [0.2, 0.25) is 0 Å². The van der Waals surface area contributed by atoms with Crippen molar-refractivity contribution in [1.29, 1.82) is 0 Å². The van der Waals surface area contributed by atoms with E-state index >= 15 is 0 Å². The summed E-state index contributed by atoms with van der Waals surface area (Å²) in [4.78, 5) is 31.0. The largest absolute Gasteiger partial charge is 0.467 e. The van der Waals surface area contributed by atoms with Crippen LogP contribution in [0.1, 0.15) is 17.2 Å². The van der Waals surface area contributed by atoms with Gasteiger partial charge in [0.2, 0.25) is 0 Å². The number of rotatable bonds is 4. The molecule has 25 heavy (non-hydrogen) atoms. The highest BCUT2D eigenvalue weighted by Gasteiger charge is 2.41. The Labute approximate surface area is 154 Å². The van der Waals surface area contributed by atoms with Gasteiger partial charge in [-0.2, -0.15) is 0 Å². The Morgan fingerprint density at radius 1 is 1.28 bits per heavy atom. The zero-order valence-electron chi connectivity index (χ0n) is 13.3. The number of carbonyl (C=O) groups excluding carboxylic acids is 2. The number of thioether (sulfide) groups is 1. The van der Waals surface area contributed by atoms with E-state index in [-0.39, 0.29) is 5.91 Å². The number of pyridine rings is 1. The predicted molar refractivity (Wildman–Crippen MR) is 100 cm³/mol. The summed E-state index contributed by atoms with van der Waals surface area (Å²) in [7, 11) is 1.29. The quantitative estimate of drug-likeness (QED) is 0.468. The van der Waals surface area contributed by atoms with Crippen molar-refractivity contribution in [3.63, 3.8) is 0 Å². The van der Waals surface area contributed by atoms with E-state index in [2.05, 4.69) is 4.98 Å². The Hall–Kier alpha value is -2.51. The third-order valence-corrected chi connectivity index (χ3v) is 4.93. The maximum Gasteiger partial charge on any atom is 0.333 e. The van der Waals surface area contributed by atoms with Gasteiger partial charge in [0.15, 0.2) is 6.04 Å². The molecule has 2 aromatic rings. The first-order valence-electron chi connectivity index (χ1n) is 7.41. The summed E-state index contributed by atoms with van der Waals surface area (Å²) in [5.74, 6) is -0.858. The minimum atomic E-state index is -0.904. The molecule has 3 rings (SSSR count). The Bertz CT molecular complexity index is 838. The van der Waals surface area contributed by atoms with Crippen LogP contribution in [-0.4, -0.2) is 33.2 Å². The van der Waals surface area contributed by atoms with Gasteiger partial charge < -0.3 is 4.74 Å². The van der Waals surface area contributed by atoms with E-state index in [0.29, 0.717) is 14.8 Å². The van der Waals surface area contributed by atoms with Crippen molar-refractivity contribution >= 4 is 46.3 Å². The van der Waals surface area contributed by atoms with Gasteiger partial charge in [-0.3, -0.25) is 14.7 Å². The summed E-state index contributed by atoms with van der Waals surface area (Å²) in [5, 5.41) is 0. The number of nitrogens with zero attached hydrogens (tertiary/aromatic N) is 2. The number of aromatic nitrogens is 1. The number of thiocarbonyl (C=S) groups is 1. The van der Waals surface area contributed by atoms with Crippen molar-refractivity contribution in [2.75, 3.05) is 7.11 Å². The minimum Gasteiger partial charge on any atom is -0.467 e. The lowest BCUT2D eigenvalue weighted by Gasteiger charge is -2.24. The third kappa shape index (κ3) is 3.62. The monoisotopic (exact) mass is 370 g/mol. The normalized spacial score (nSPS) is 17.0. The molecule has 1 amide bonds. The van der Waals surface area contributed by atoms with Crippen LogP contribution in [0.3, 0.4) is 0 Å². The second kappa shape index (κ2) is 7.58. The molecule has 126 valence electrons. The number of carbonyl (C=O) groups is 2. The zero-order chi connectivity index (χ0) is 17.8. The number of benzene rings is 1. The summed E-state index contributed by atoms with van der Waals surface area (Å²) < 4.78 is 5.22. The first-order valence-corrected chi connectivity index (χ1v) is 8.64. The smallest absolute Gasteiger partial charge is 0.333 e. The molecule has 0 saturated carbocycles. The molecule has 2 heterocycles. The van der Waals surface area contributed by atoms with Crippen molar-refractivity contribution in [2.45, 2.75) is 6.04 Å². The number of esters is 1. The fraction of sp³-hybridized carbons (Fsp3) is 0.111. The fourth-order valence-electron chi connectivity index (χ4n) is 2.45. The Morgan fingerprint density at radius 3 is 2.68 bits per heavy atom. The summed E-state index contributed by atoms with van der Waals surface area (Å²) in [6.45, 7) is 0. The van der Waals surface area contributed by atoms with Crippen LogP contribution < -0.4 is 0 Å².